The molecule has 32 heavy (non-hydrogen) atoms. The van der Waals surface area contributed by atoms with Crippen LogP contribution >= 0.6 is 23.2 Å². The molecule has 0 radical (unpaired) electrons. The third-order valence-electron chi connectivity index (χ3n) is 4.42. The van der Waals surface area contributed by atoms with Crippen molar-refractivity contribution in [1.29, 1.82) is 0 Å². The summed E-state index contributed by atoms with van der Waals surface area (Å²) in [6.07, 6.45) is 1.48. The summed E-state index contributed by atoms with van der Waals surface area (Å²) in [6, 6.07) is 9.41. The molecule has 0 aromatic heterocycles. The molecule has 0 bridgehead atoms. The van der Waals surface area contributed by atoms with E-state index in [1.165, 1.54) is 19.3 Å². The Hall–Kier alpha value is -3.23. The molecule has 0 unspecified atom stereocenters. The van der Waals surface area contributed by atoms with E-state index in [-0.39, 0.29) is 42.0 Å². The van der Waals surface area contributed by atoms with Crippen molar-refractivity contribution in [1.82, 2.24) is 10.2 Å². The molecule has 2 aromatic carbocycles. The number of carbonyl (C=O) groups excluding carboxylic acids is 3. The Morgan fingerprint density at radius 2 is 1.88 bits per heavy atom. The molecule has 3 rings (SSSR count). The monoisotopic (exact) mass is 478 g/mol. The van der Waals surface area contributed by atoms with Crippen molar-refractivity contribution in [3.05, 3.63) is 63.3 Å². The topological polar surface area (TPSA) is 94.2 Å². The van der Waals surface area contributed by atoms with Gasteiger partial charge in [0.2, 0.25) is 0 Å². The van der Waals surface area contributed by atoms with Crippen LogP contribution in [0.1, 0.15) is 18.1 Å². The summed E-state index contributed by atoms with van der Waals surface area (Å²) in [5, 5.41) is 3.28. The van der Waals surface area contributed by atoms with Gasteiger partial charge in [-0.3, -0.25) is 9.69 Å². The Labute approximate surface area is 194 Å². The van der Waals surface area contributed by atoms with Crippen molar-refractivity contribution in [3.8, 4) is 11.5 Å². The quantitative estimate of drug-likeness (QED) is 0.349. The predicted molar refractivity (Wildman–Crippen MR) is 119 cm³/mol. The number of ether oxygens (including phenoxy) is 3. The zero-order valence-electron chi connectivity index (χ0n) is 17.3. The molecule has 1 saturated heterocycles. The number of hydrogen-bond donors (Lipinski definition) is 1. The highest BCUT2D eigenvalue weighted by atomic mass is 35.5. The fraction of sp³-hybridized carbons (Fsp3) is 0.227. The maximum Gasteiger partial charge on any atom is 0.344 e. The Balaban J connectivity index is 1.79. The molecule has 1 N–H and O–H groups in total. The molecule has 1 aliphatic rings. The molecule has 1 aliphatic heterocycles. The van der Waals surface area contributed by atoms with Crippen LogP contribution in [0.15, 0.2) is 42.1 Å². The molecule has 0 spiro atoms. The molecule has 10 heteroatoms. The largest absolute Gasteiger partial charge is 0.493 e. The van der Waals surface area contributed by atoms with Gasteiger partial charge in [0.1, 0.15) is 5.70 Å². The van der Waals surface area contributed by atoms with E-state index in [2.05, 4.69) is 5.32 Å². The molecule has 168 valence electrons. The normalized spacial score (nSPS) is 14.5. The summed E-state index contributed by atoms with van der Waals surface area (Å²) in [5.41, 5.74) is 1.33. The number of carbonyl (C=O) groups is 3. The standard InChI is InChI=1S/C22H20Cl2N2O6/c1-3-31-19(27)12-32-20-16(24)8-14(10-18(20)30-2)9-17-21(28)26(22(29)25-17)11-13-4-6-15(23)7-5-13/h4-10H,3,11-12H2,1-2H3,(H,25,29)/b17-9+. The zero-order chi connectivity index (χ0) is 23.3. The van der Waals surface area contributed by atoms with Crippen LogP contribution in [-0.2, 0) is 20.9 Å². The van der Waals surface area contributed by atoms with Gasteiger partial charge in [0.15, 0.2) is 18.1 Å². The second kappa shape index (κ2) is 10.4. The van der Waals surface area contributed by atoms with E-state index in [0.717, 1.165) is 10.5 Å². The van der Waals surface area contributed by atoms with Gasteiger partial charge in [-0.15, -0.1) is 0 Å². The second-order valence-electron chi connectivity index (χ2n) is 6.63. The van der Waals surface area contributed by atoms with E-state index in [9.17, 15) is 14.4 Å². The highest BCUT2D eigenvalue weighted by Crippen LogP contribution is 2.37. The number of esters is 1. The van der Waals surface area contributed by atoms with E-state index < -0.39 is 17.9 Å². The zero-order valence-corrected chi connectivity index (χ0v) is 18.8. The lowest BCUT2D eigenvalue weighted by atomic mass is 10.1. The Bertz CT molecular complexity index is 1070. The van der Waals surface area contributed by atoms with Crippen LogP contribution in [0.4, 0.5) is 4.79 Å². The molecule has 2 aromatic rings. The number of methoxy groups -OCH3 is 1. The first-order valence-corrected chi connectivity index (χ1v) is 10.3. The lowest BCUT2D eigenvalue weighted by Crippen LogP contribution is -2.30. The molecule has 0 saturated carbocycles. The van der Waals surface area contributed by atoms with Crippen molar-refractivity contribution in [2.24, 2.45) is 0 Å². The average molecular weight is 479 g/mol. The summed E-state index contributed by atoms with van der Waals surface area (Å²) in [5.74, 6) is -0.613. The van der Waals surface area contributed by atoms with E-state index in [1.54, 1.807) is 37.3 Å². The highest BCUT2D eigenvalue weighted by molar-refractivity contribution is 6.32. The van der Waals surface area contributed by atoms with Crippen molar-refractivity contribution in [2.45, 2.75) is 13.5 Å². The number of nitrogens with zero attached hydrogens (tertiary/aromatic N) is 1. The third kappa shape index (κ3) is 5.52. The van der Waals surface area contributed by atoms with Gasteiger partial charge >= 0.3 is 12.0 Å². The van der Waals surface area contributed by atoms with E-state index >= 15 is 0 Å². The summed E-state index contributed by atoms with van der Waals surface area (Å²) in [6.45, 7) is 1.68. The number of amides is 3. The minimum Gasteiger partial charge on any atom is -0.493 e. The molecular formula is C22H20Cl2N2O6. The number of nitrogens with one attached hydrogen (secondary N) is 1. The van der Waals surface area contributed by atoms with Gasteiger partial charge in [-0.05, 0) is 48.4 Å². The Kier molecular flexibility index (Phi) is 7.61. The number of hydrogen-bond acceptors (Lipinski definition) is 6. The van der Waals surface area contributed by atoms with Crippen LogP contribution in [0.3, 0.4) is 0 Å². The van der Waals surface area contributed by atoms with Gasteiger partial charge in [0.05, 0.1) is 25.3 Å². The molecule has 1 heterocycles. The van der Waals surface area contributed by atoms with Gasteiger partial charge in [-0.1, -0.05) is 35.3 Å². The van der Waals surface area contributed by atoms with Crippen molar-refractivity contribution in [3.63, 3.8) is 0 Å². The van der Waals surface area contributed by atoms with Crippen LogP contribution < -0.4 is 14.8 Å². The Morgan fingerprint density at radius 1 is 1.16 bits per heavy atom. The van der Waals surface area contributed by atoms with Crippen LogP contribution in [-0.4, -0.2) is 43.1 Å². The van der Waals surface area contributed by atoms with Gasteiger partial charge in [-0.2, -0.15) is 0 Å². The first-order chi connectivity index (χ1) is 15.3. The van der Waals surface area contributed by atoms with Crippen LogP contribution in [0.25, 0.3) is 6.08 Å². The number of imide groups is 1. The molecular weight excluding hydrogens is 459 g/mol. The molecule has 0 atom stereocenters. The summed E-state index contributed by atoms with van der Waals surface area (Å²) >= 11 is 12.2. The van der Waals surface area contributed by atoms with Gasteiger partial charge < -0.3 is 19.5 Å². The highest BCUT2D eigenvalue weighted by Gasteiger charge is 2.33. The number of benzene rings is 2. The van der Waals surface area contributed by atoms with Gasteiger partial charge in [0.25, 0.3) is 5.91 Å². The molecule has 1 fully saturated rings. The van der Waals surface area contributed by atoms with Gasteiger partial charge in [-0.25, -0.2) is 9.59 Å². The summed E-state index contributed by atoms with van der Waals surface area (Å²) in [7, 11) is 1.41. The molecule has 3 amide bonds. The van der Waals surface area contributed by atoms with E-state index in [4.69, 9.17) is 37.4 Å². The fourth-order valence-corrected chi connectivity index (χ4v) is 3.35. The van der Waals surface area contributed by atoms with Crippen molar-refractivity contribution >= 4 is 47.2 Å². The molecule has 0 aliphatic carbocycles. The minimum atomic E-state index is -0.545. The number of rotatable bonds is 8. The second-order valence-corrected chi connectivity index (χ2v) is 7.48. The predicted octanol–water partition coefficient (Wildman–Crippen LogP) is 4.04. The van der Waals surface area contributed by atoms with E-state index in [0.29, 0.717) is 10.6 Å². The summed E-state index contributed by atoms with van der Waals surface area (Å²) < 4.78 is 15.5. The SMILES string of the molecule is CCOC(=O)COc1c(Cl)cc(/C=C2/NC(=O)N(Cc3ccc(Cl)cc3)C2=O)cc1OC. The Morgan fingerprint density at radius 3 is 2.53 bits per heavy atom. The van der Waals surface area contributed by atoms with Crippen molar-refractivity contribution in [2.75, 3.05) is 20.3 Å². The first kappa shape index (κ1) is 23.4. The van der Waals surface area contributed by atoms with Crippen molar-refractivity contribution < 1.29 is 28.6 Å². The smallest absolute Gasteiger partial charge is 0.344 e. The third-order valence-corrected chi connectivity index (χ3v) is 4.95. The van der Waals surface area contributed by atoms with Crippen LogP contribution in [0, 0.1) is 0 Å². The first-order valence-electron chi connectivity index (χ1n) is 9.57. The minimum absolute atomic E-state index is 0.0854. The van der Waals surface area contributed by atoms with Crippen LogP contribution in [0.2, 0.25) is 10.0 Å². The lowest BCUT2D eigenvalue weighted by molar-refractivity contribution is -0.145. The van der Waals surface area contributed by atoms with Gasteiger partial charge in [0, 0.05) is 5.02 Å². The average Bonchev–Trinajstić information content (AvgIpc) is 3.01. The summed E-state index contributed by atoms with van der Waals surface area (Å²) in [4.78, 5) is 37.7. The maximum absolute atomic E-state index is 12.7. The number of halogens is 2. The maximum atomic E-state index is 12.7. The fourth-order valence-electron chi connectivity index (χ4n) is 2.95. The molecule has 8 nitrogen and oxygen atoms in total. The van der Waals surface area contributed by atoms with E-state index in [1.807, 2.05) is 0 Å². The number of urea groups is 1. The van der Waals surface area contributed by atoms with Crippen LogP contribution in [0.5, 0.6) is 11.5 Å². The lowest BCUT2D eigenvalue weighted by Gasteiger charge is -2.13.